The van der Waals surface area contributed by atoms with E-state index in [1.165, 1.54) is 5.56 Å². The van der Waals surface area contributed by atoms with Crippen LogP contribution in [0.2, 0.25) is 0 Å². The third-order valence-electron chi connectivity index (χ3n) is 1.65. The lowest BCUT2D eigenvalue weighted by Crippen LogP contribution is -1.98. The number of halogens is 5. The molecule has 0 amide bonds. The summed E-state index contributed by atoms with van der Waals surface area (Å²) in [5.41, 5.74) is 1.24. The molecular weight excluding hydrogens is 327 g/mol. The molecule has 0 spiro atoms. The first-order chi connectivity index (χ1) is 5.95. The first kappa shape index (κ1) is 25.6. The van der Waals surface area contributed by atoms with Crippen molar-refractivity contribution in [3.63, 3.8) is 0 Å². The van der Waals surface area contributed by atoms with Crippen molar-refractivity contribution >= 4 is 62.0 Å². The van der Waals surface area contributed by atoms with E-state index in [-0.39, 0.29) is 62.0 Å². The minimum atomic E-state index is 0. The lowest BCUT2D eigenvalue weighted by atomic mass is 10.2. The highest BCUT2D eigenvalue weighted by Gasteiger charge is 1.92. The van der Waals surface area contributed by atoms with Gasteiger partial charge >= 0.3 is 0 Å². The topological polar surface area (TPSA) is 30.7 Å². The molecule has 0 aliphatic carbocycles. The summed E-state index contributed by atoms with van der Waals surface area (Å²) in [6.45, 7) is 0.792. The summed E-state index contributed by atoms with van der Waals surface area (Å²) in [7, 11) is 0. The Kier molecular flexibility index (Phi) is 20.9. The van der Waals surface area contributed by atoms with Crippen LogP contribution in [0.25, 0.3) is 0 Å². The van der Waals surface area contributed by atoms with Gasteiger partial charge in [-0.2, -0.15) is 5.10 Å². The normalized spacial score (nSPS) is 7.06. The molecule has 0 N–H and O–H groups in total. The van der Waals surface area contributed by atoms with Gasteiger partial charge < -0.3 is 0 Å². The van der Waals surface area contributed by atoms with Crippen LogP contribution < -0.4 is 0 Å². The zero-order valence-electron chi connectivity index (χ0n) is 8.63. The van der Waals surface area contributed by atoms with Crippen LogP contribution in [0.3, 0.4) is 0 Å². The van der Waals surface area contributed by atoms with Crippen LogP contribution >= 0.6 is 62.0 Å². The van der Waals surface area contributed by atoms with E-state index in [0.717, 1.165) is 6.54 Å². The van der Waals surface area contributed by atoms with Crippen molar-refractivity contribution in [2.75, 3.05) is 0 Å². The second kappa shape index (κ2) is 13.9. The van der Waals surface area contributed by atoms with Crippen LogP contribution in [0.1, 0.15) is 5.56 Å². The van der Waals surface area contributed by atoms with E-state index in [4.69, 9.17) is 0 Å². The summed E-state index contributed by atoms with van der Waals surface area (Å²) >= 11 is 0. The van der Waals surface area contributed by atoms with Crippen LogP contribution in [0, 0.1) is 0 Å². The van der Waals surface area contributed by atoms with E-state index in [0.29, 0.717) is 0 Å². The molecular formula is C9H14Cl5N3. The maximum absolute atomic E-state index is 4.02. The molecule has 17 heavy (non-hydrogen) atoms. The Morgan fingerprint density at radius 1 is 0.882 bits per heavy atom. The van der Waals surface area contributed by atoms with Crippen LogP contribution in [0.15, 0.2) is 43.0 Å². The van der Waals surface area contributed by atoms with Gasteiger partial charge in [0.2, 0.25) is 0 Å². The van der Waals surface area contributed by atoms with Gasteiger partial charge in [0.15, 0.2) is 0 Å². The molecule has 3 nitrogen and oxygen atoms in total. The SMILES string of the molecule is Cl.Cl.Cl.Cl.Cl.c1ccc(Cn2cncn2)cc1. The highest BCUT2D eigenvalue weighted by molar-refractivity contribution is 5.86. The van der Waals surface area contributed by atoms with E-state index in [1.54, 1.807) is 17.3 Å². The Balaban J connectivity index is -0.000000169. The smallest absolute Gasteiger partial charge is 0.137 e. The zero-order chi connectivity index (χ0) is 8.23. The Morgan fingerprint density at radius 3 is 1.94 bits per heavy atom. The van der Waals surface area contributed by atoms with E-state index < -0.39 is 0 Å². The van der Waals surface area contributed by atoms with Gasteiger partial charge in [-0.1, -0.05) is 30.3 Å². The molecule has 0 aliphatic heterocycles. The van der Waals surface area contributed by atoms with Gasteiger partial charge in [0.1, 0.15) is 12.7 Å². The van der Waals surface area contributed by atoms with Crippen molar-refractivity contribution in [3.8, 4) is 0 Å². The Morgan fingerprint density at radius 2 is 1.47 bits per heavy atom. The zero-order valence-corrected chi connectivity index (χ0v) is 12.7. The van der Waals surface area contributed by atoms with Crippen molar-refractivity contribution in [1.82, 2.24) is 14.8 Å². The number of aromatic nitrogens is 3. The van der Waals surface area contributed by atoms with Crippen LogP contribution in [-0.4, -0.2) is 14.8 Å². The second-order valence-electron chi connectivity index (χ2n) is 2.58. The van der Waals surface area contributed by atoms with Gasteiger partial charge in [0.05, 0.1) is 6.54 Å². The molecule has 2 rings (SSSR count). The molecule has 0 atom stereocenters. The third-order valence-corrected chi connectivity index (χ3v) is 1.65. The summed E-state index contributed by atoms with van der Waals surface area (Å²) in [6, 6.07) is 10.2. The maximum Gasteiger partial charge on any atom is 0.137 e. The lowest BCUT2D eigenvalue weighted by molar-refractivity contribution is 0.685. The fourth-order valence-electron chi connectivity index (χ4n) is 1.08. The van der Waals surface area contributed by atoms with Crippen LogP contribution in [0.4, 0.5) is 0 Å². The monoisotopic (exact) mass is 339 g/mol. The van der Waals surface area contributed by atoms with E-state index >= 15 is 0 Å². The largest absolute Gasteiger partial charge is 0.249 e. The van der Waals surface area contributed by atoms with E-state index in [9.17, 15) is 0 Å². The van der Waals surface area contributed by atoms with Gasteiger partial charge in [-0.3, -0.25) is 0 Å². The Hall–Kier alpha value is -0.190. The number of hydrogen-bond donors (Lipinski definition) is 0. The molecule has 0 saturated heterocycles. The first-order valence-electron chi connectivity index (χ1n) is 3.81. The first-order valence-corrected chi connectivity index (χ1v) is 3.81. The van der Waals surface area contributed by atoms with E-state index in [2.05, 4.69) is 22.2 Å². The van der Waals surface area contributed by atoms with Crippen molar-refractivity contribution in [1.29, 1.82) is 0 Å². The minimum Gasteiger partial charge on any atom is -0.249 e. The highest BCUT2D eigenvalue weighted by atomic mass is 35.5. The maximum atomic E-state index is 4.02. The minimum absolute atomic E-state index is 0. The molecule has 0 fully saturated rings. The fourth-order valence-corrected chi connectivity index (χ4v) is 1.08. The molecule has 100 valence electrons. The molecule has 2 aromatic rings. The molecule has 8 heteroatoms. The summed E-state index contributed by atoms with van der Waals surface area (Å²) in [4.78, 5) is 3.87. The number of benzene rings is 1. The Bertz CT molecular complexity index is 341. The fraction of sp³-hybridized carbons (Fsp3) is 0.111. The predicted molar refractivity (Wildman–Crippen MR) is 81.8 cm³/mol. The predicted octanol–water partition coefficient (Wildman–Crippen LogP) is 3.44. The molecule has 1 aromatic carbocycles. The van der Waals surface area contributed by atoms with Gasteiger partial charge in [-0.05, 0) is 5.56 Å². The van der Waals surface area contributed by atoms with Crippen molar-refractivity contribution in [2.24, 2.45) is 0 Å². The van der Waals surface area contributed by atoms with Crippen molar-refractivity contribution in [2.45, 2.75) is 6.54 Å². The van der Waals surface area contributed by atoms with Gasteiger partial charge in [0, 0.05) is 0 Å². The van der Waals surface area contributed by atoms with Crippen molar-refractivity contribution in [3.05, 3.63) is 48.5 Å². The summed E-state index contributed by atoms with van der Waals surface area (Å²) in [5, 5.41) is 4.02. The summed E-state index contributed by atoms with van der Waals surface area (Å²) in [5.74, 6) is 0. The summed E-state index contributed by atoms with van der Waals surface area (Å²) < 4.78 is 1.80. The quantitative estimate of drug-likeness (QED) is 0.838. The lowest BCUT2D eigenvalue weighted by Gasteiger charge is -1.98. The third kappa shape index (κ3) is 8.52. The average molecular weight is 341 g/mol. The molecule has 0 radical (unpaired) electrons. The molecule has 1 heterocycles. The molecule has 0 saturated carbocycles. The van der Waals surface area contributed by atoms with E-state index in [1.807, 2.05) is 18.2 Å². The van der Waals surface area contributed by atoms with Gasteiger partial charge in [-0.15, -0.1) is 62.0 Å². The van der Waals surface area contributed by atoms with Gasteiger partial charge in [-0.25, -0.2) is 9.67 Å². The van der Waals surface area contributed by atoms with Crippen LogP contribution in [-0.2, 0) is 6.54 Å². The molecule has 0 bridgehead atoms. The average Bonchev–Trinajstić information content (AvgIpc) is 2.59. The molecule has 1 aromatic heterocycles. The standard InChI is InChI=1S/C9H9N3.5ClH/c1-2-4-9(5-3-1)6-12-8-10-7-11-12;;;;;/h1-5,7-8H,6H2;5*1H. The number of nitrogens with zero attached hydrogens (tertiary/aromatic N) is 3. The molecule has 0 aliphatic rings. The Labute approximate surface area is 131 Å². The molecule has 0 unspecified atom stereocenters. The number of rotatable bonds is 2. The second-order valence-corrected chi connectivity index (χ2v) is 2.58. The highest BCUT2D eigenvalue weighted by Crippen LogP contribution is 1.99. The van der Waals surface area contributed by atoms with Crippen LogP contribution in [0.5, 0.6) is 0 Å². The van der Waals surface area contributed by atoms with Gasteiger partial charge in [0.25, 0.3) is 0 Å². The number of hydrogen-bond acceptors (Lipinski definition) is 2. The summed E-state index contributed by atoms with van der Waals surface area (Å²) in [6.07, 6.45) is 3.26. The van der Waals surface area contributed by atoms with Crippen molar-refractivity contribution < 1.29 is 0 Å².